The van der Waals surface area contributed by atoms with Crippen molar-refractivity contribution in [2.75, 3.05) is 0 Å². The summed E-state index contributed by atoms with van der Waals surface area (Å²) in [6.07, 6.45) is 0. The first kappa shape index (κ1) is 9.21. The number of hydrogen-bond acceptors (Lipinski definition) is 2. The van der Waals surface area contributed by atoms with Crippen LogP contribution in [0.15, 0.2) is 22.7 Å². The minimum absolute atomic E-state index is 0.135. The van der Waals surface area contributed by atoms with Crippen LogP contribution in [0.25, 0.3) is 11.0 Å². The molecule has 0 amide bonds. The quantitative estimate of drug-likeness (QED) is 0.733. The van der Waals surface area contributed by atoms with E-state index in [1.165, 1.54) is 0 Å². The van der Waals surface area contributed by atoms with Gasteiger partial charge in [0.05, 0.1) is 17.6 Å². The second-order valence-electron chi connectivity index (χ2n) is 4.48. The molecule has 0 radical (unpaired) electrons. The van der Waals surface area contributed by atoms with Crippen LogP contribution in [-0.2, 0) is 6.54 Å². The zero-order valence-electron chi connectivity index (χ0n) is 8.62. The summed E-state index contributed by atoms with van der Waals surface area (Å²) < 4.78 is 8.93. The highest BCUT2D eigenvalue weighted by Crippen LogP contribution is 2.33. The van der Waals surface area contributed by atoms with E-state index < -0.39 is 0 Å². The Bertz CT molecular complexity index is 545. The summed E-state index contributed by atoms with van der Waals surface area (Å²) in [5.74, 6) is 0. The second kappa shape index (κ2) is 2.76. The molecule has 1 aromatic heterocycles. The van der Waals surface area contributed by atoms with Gasteiger partial charge in [-0.05, 0) is 32.0 Å². The Morgan fingerprint density at radius 3 is 3.07 bits per heavy atom. The fraction of sp³-hybridized carbons (Fsp3) is 0.364. The lowest BCUT2D eigenvalue weighted by molar-refractivity contribution is 0.131. The zero-order chi connectivity index (χ0) is 10.6. The van der Waals surface area contributed by atoms with Crippen LogP contribution in [-0.4, -0.2) is 15.2 Å². The van der Waals surface area contributed by atoms with Crippen LogP contribution in [0.1, 0.15) is 13.8 Å². The van der Waals surface area contributed by atoms with E-state index in [-0.39, 0.29) is 5.60 Å². The molecule has 0 bridgehead atoms. The maximum absolute atomic E-state index is 5.76. The smallest absolute Gasteiger partial charge is 0.298 e. The number of imidazole rings is 1. The molecule has 15 heavy (non-hydrogen) atoms. The van der Waals surface area contributed by atoms with Crippen molar-refractivity contribution in [2.24, 2.45) is 0 Å². The van der Waals surface area contributed by atoms with Crippen molar-refractivity contribution in [2.45, 2.75) is 26.0 Å². The van der Waals surface area contributed by atoms with Crippen molar-refractivity contribution < 1.29 is 4.74 Å². The third-order valence-corrected chi connectivity index (χ3v) is 3.07. The van der Waals surface area contributed by atoms with Gasteiger partial charge in [-0.1, -0.05) is 15.9 Å². The largest absolute Gasteiger partial charge is 0.457 e. The lowest BCUT2D eigenvalue weighted by Crippen LogP contribution is -2.26. The molecule has 78 valence electrons. The van der Waals surface area contributed by atoms with Gasteiger partial charge in [0.2, 0.25) is 0 Å². The third kappa shape index (κ3) is 1.35. The van der Waals surface area contributed by atoms with Gasteiger partial charge in [-0.3, -0.25) is 4.57 Å². The first-order chi connectivity index (χ1) is 7.05. The van der Waals surface area contributed by atoms with Crippen LogP contribution in [0, 0.1) is 0 Å². The Morgan fingerprint density at radius 1 is 1.47 bits per heavy atom. The zero-order valence-corrected chi connectivity index (χ0v) is 10.2. The number of fused-ring (bicyclic) bond motifs is 3. The molecule has 0 N–H and O–H groups in total. The van der Waals surface area contributed by atoms with Gasteiger partial charge >= 0.3 is 0 Å². The van der Waals surface area contributed by atoms with E-state index in [0.717, 1.165) is 28.1 Å². The highest BCUT2D eigenvalue weighted by molar-refractivity contribution is 9.10. The summed E-state index contributed by atoms with van der Waals surface area (Å²) in [5.41, 5.74) is 1.98. The predicted octanol–water partition coefficient (Wildman–Crippen LogP) is 2.97. The highest BCUT2D eigenvalue weighted by Gasteiger charge is 2.32. The van der Waals surface area contributed by atoms with Crippen molar-refractivity contribution in [1.29, 1.82) is 0 Å². The number of ether oxygens (including phenoxy) is 1. The molecule has 1 aliphatic rings. The Morgan fingerprint density at radius 2 is 2.27 bits per heavy atom. The van der Waals surface area contributed by atoms with E-state index >= 15 is 0 Å². The summed E-state index contributed by atoms with van der Waals surface area (Å²) >= 11 is 3.44. The molecule has 0 saturated carbocycles. The van der Waals surface area contributed by atoms with E-state index in [0.29, 0.717) is 0 Å². The molecule has 0 fully saturated rings. The van der Waals surface area contributed by atoms with Crippen LogP contribution in [0.4, 0.5) is 0 Å². The Balaban J connectivity index is 2.23. The van der Waals surface area contributed by atoms with E-state index in [1.807, 2.05) is 12.1 Å². The number of rotatable bonds is 0. The van der Waals surface area contributed by atoms with E-state index in [9.17, 15) is 0 Å². The van der Waals surface area contributed by atoms with Crippen molar-refractivity contribution in [3.8, 4) is 6.01 Å². The lowest BCUT2D eigenvalue weighted by atomic mass is 10.1. The Hall–Kier alpha value is -1.03. The van der Waals surface area contributed by atoms with Crippen LogP contribution >= 0.6 is 15.9 Å². The third-order valence-electron chi connectivity index (χ3n) is 2.58. The number of halogens is 1. The van der Waals surface area contributed by atoms with Gasteiger partial charge in [-0.15, -0.1) is 0 Å². The molecule has 3 nitrogen and oxygen atoms in total. The van der Waals surface area contributed by atoms with Gasteiger partial charge in [-0.2, -0.15) is 4.98 Å². The monoisotopic (exact) mass is 266 g/mol. The molecule has 3 rings (SSSR count). The van der Waals surface area contributed by atoms with Gasteiger partial charge in [0.1, 0.15) is 5.60 Å². The van der Waals surface area contributed by atoms with Crippen molar-refractivity contribution in [3.05, 3.63) is 22.7 Å². The lowest BCUT2D eigenvalue weighted by Gasteiger charge is -2.15. The fourth-order valence-corrected chi connectivity index (χ4v) is 2.32. The average molecular weight is 267 g/mol. The highest BCUT2D eigenvalue weighted by atomic mass is 79.9. The topological polar surface area (TPSA) is 27.1 Å². The molecule has 0 atom stereocenters. The van der Waals surface area contributed by atoms with Gasteiger partial charge < -0.3 is 4.74 Å². The van der Waals surface area contributed by atoms with Crippen LogP contribution in [0.2, 0.25) is 0 Å². The number of hydrogen-bond donors (Lipinski definition) is 0. The maximum atomic E-state index is 5.76. The summed E-state index contributed by atoms with van der Waals surface area (Å²) in [7, 11) is 0. The molecule has 1 aliphatic heterocycles. The number of benzene rings is 1. The molecular formula is C11H11BrN2O. The summed E-state index contributed by atoms with van der Waals surface area (Å²) in [6.45, 7) is 5.01. The van der Waals surface area contributed by atoms with Crippen LogP contribution in [0.3, 0.4) is 0 Å². The SMILES string of the molecule is CC1(C)Cn2c(nc3cc(Br)ccc32)O1. The van der Waals surface area contributed by atoms with Crippen LogP contribution < -0.4 is 4.74 Å². The molecule has 2 heterocycles. The standard InChI is InChI=1S/C11H11BrN2O/c1-11(2)6-14-9-4-3-7(12)5-8(9)13-10(14)15-11/h3-5H,6H2,1-2H3. The first-order valence-corrected chi connectivity index (χ1v) is 5.69. The average Bonchev–Trinajstić information content (AvgIpc) is 2.55. The summed E-state index contributed by atoms with van der Waals surface area (Å²) in [5, 5.41) is 0. The molecule has 0 aliphatic carbocycles. The van der Waals surface area contributed by atoms with Gasteiger partial charge in [0.15, 0.2) is 0 Å². The summed E-state index contributed by atoms with van der Waals surface area (Å²) in [4.78, 5) is 4.46. The molecule has 4 heteroatoms. The van der Waals surface area contributed by atoms with Crippen LogP contribution in [0.5, 0.6) is 6.01 Å². The van der Waals surface area contributed by atoms with Crippen molar-refractivity contribution >= 4 is 27.0 Å². The van der Waals surface area contributed by atoms with Gasteiger partial charge in [-0.25, -0.2) is 0 Å². The first-order valence-electron chi connectivity index (χ1n) is 4.90. The molecular weight excluding hydrogens is 256 g/mol. The van der Waals surface area contributed by atoms with E-state index in [2.05, 4.69) is 45.4 Å². The minimum Gasteiger partial charge on any atom is -0.457 e. The van der Waals surface area contributed by atoms with E-state index in [1.54, 1.807) is 0 Å². The Labute approximate surface area is 96.2 Å². The number of aromatic nitrogens is 2. The number of nitrogens with zero attached hydrogens (tertiary/aromatic N) is 2. The molecule has 0 saturated heterocycles. The van der Waals surface area contributed by atoms with Crippen molar-refractivity contribution in [1.82, 2.24) is 9.55 Å². The molecule has 0 spiro atoms. The second-order valence-corrected chi connectivity index (χ2v) is 5.39. The fourth-order valence-electron chi connectivity index (χ4n) is 1.97. The van der Waals surface area contributed by atoms with Crippen molar-refractivity contribution in [3.63, 3.8) is 0 Å². The molecule has 0 unspecified atom stereocenters. The molecule has 2 aromatic rings. The summed E-state index contributed by atoms with van der Waals surface area (Å²) in [6, 6.07) is 6.84. The van der Waals surface area contributed by atoms with Gasteiger partial charge in [0.25, 0.3) is 6.01 Å². The Kier molecular flexibility index (Phi) is 1.69. The normalized spacial score (nSPS) is 17.8. The predicted molar refractivity (Wildman–Crippen MR) is 62.1 cm³/mol. The minimum atomic E-state index is -0.135. The molecule has 1 aromatic carbocycles. The maximum Gasteiger partial charge on any atom is 0.298 e. The van der Waals surface area contributed by atoms with E-state index in [4.69, 9.17) is 4.74 Å². The van der Waals surface area contributed by atoms with Gasteiger partial charge in [0, 0.05) is 4.47 Å².